The number of hydrogen-bond donors (Lipinski definition) is 3. The fourth-order valence-corrected chi connectivity index (χ4v) is 11.6. The number of phosphoric ester groups is 2. The molecule has 86 heavy (non-hydrogen) atoms. The second-order valence-corrected chi connectivity index (χ2v) is 27.6. The SMILES string of the molecule is CCCCCCCCCCCCCCCCC(=O)O[C@H](COC(=O)CCCCCCCCCCC(C)CC)COP(=O)(O)OC[C@@H](O)COP(=O)(O)OC[C@@H](COC(=O)CCCCCCCCCC)OC(=O)CCCCCCCCCCC(C)CC. The fourth-order valence-electron chi connectivity index (χ4n) is 10.00. The van der Waals surface area contributed by atoms with Crippen molar-refractivity contribution in [2.24, 2.45) is 11.8 Å². The molecule has 0 aromatic heterocycles. The summed E-state index contributed by atoms with van der Waals surface area (Å²) >= 11 is 0. The first-order valence-electron chi connectivity index (χ1n) is 35.1. The number of carbonyl (C=O) groups excluding carboxylic acids is 4. The summed E-state index contributed by atoms with van der Waals surface area (Å²) in [5, 5.41) is 10.6. The van der Waals surface area contributed by atoms with Crippen molar-refractivity contribution in [2.75, 3.05) is 39.6 Å². The van der Waals surface area contributed by atoms with Crippen LogP contribution >= 0.6 is 15.6 Å². The standard InChI is InChI=1S/C67H130O17P2/c1-7-11-13-15-17-19-20-21-22-23-24-33-39-45-51-66(71)83-63(56-78-65(70)50-44-38-32-27-25-29-35-41-47-59(5)9-3)58-82-86(75,76)80-54-61(68)53-79-85(73,74)81-57-62(55-77-64(69)49-43-37-31-18-16-14-12-8-2)84-67(72)52-46-40-34-28-26-30-36-42-48-60(6)10-4/h59-63,68H,7-58H2,1-6H3,(H,73,74)(H,75,76)/t59?,60?,61-,62+,63+/m0/s1. The summed E-state index contributed by atoms with van der Waals surface area (Å²) in [6, 6.07) is 0. The van der Waals surface area contributed by atoms with E-state index >= 15 is 0 Å². The first-order valence-corrected chi connectivity index (χ1v) is 38.1. The lowest BCUT2D eigenvalue weighted by molar-refractivity contribution is -0.161. The Kier molecular flexibility index (Phi) is 58.0. The van der Waals surface area contributed by atoms with E-state index in [1.54, 1.807) is 0 Å². The quantitative estimate of drug-likeness (QED) is 0.0222. The molecule has 4 unspecified atom stereocenters. The second kappa shape index (κ2) is 59.4. The van der Waals surface area contributed by atoms with Gasteiger partial charge in [0.05, 0.1) is 26.4 Å². The molecule has 0 saturated carbocycles. The van der Waals surface area contributed by atoms with Gasteiger partial charge in [-0.3, -0.25) is 37.3 Å². The van der Waals surface area contributed by atoms with E-state index in [1.165, 1.54) is 148 Å². The number of unbranched alkanes of at least 4 members (excludes halogenated alkanes) is 34. The van der Waals surface area contributed by atoms with Crippen LogP contribution in [0.3, 0.4) is 0 Å². The molecule has 0 bridgehead atoms. The largest absolute Gasteiger partial charge is 0.472 e. The van der Waals surface area contributed by atoms with Gasteiger partial charge in [0.15, 0.2) is 12.2 Å². The van der Waals surface area contributed by atoms with Gasteiger partial charge in [-0.15, -0.1) is 0 Å². The van der Waals surface area contributed by atoms with Crippen molar-refractivity contribution >= 4 is 39.5 Å². The van der Waals surface area contributed by atoms with Crippen LogP contribution in [0.2, 0.25) is 0 Å². The maximum atomic E-state index is 13.0. The van der Waals surface area contributed by atoms with E-state index in [4.69, 9.17) is 37.0 Å². The van der Waals surface area contributed by atoms with E-state index in [0.29, 0.717) is 25.7 Å². The maximum absolute atomic E-state index is 13.0. The summed E-state index contributed by atoms with van der Waals surface area (Å²) in [6.45, 7) is 9.50. The van der Waals surface area contributed by atoms with Gasteiger partial charge in [-0.2, -0.15) is 0 Å². The first kappa shape index (κ1) is 84.1. The van der Waals surface area contributed by atoms with Gasteiger partial charge in [-0.25, -0.2) is 9.13 Å². The normalized spacial score (nSPS) is 14.8. The average molecular weight is 1270 g/mol. The van der Waals surface area contributed by atoms with E-state index in [-0.39, 0.29) is 25.7 Å². The van der Waals surface area contributed by atoms with Gasteiger partial charge in [-0.1, -0.05) is 286 Å². The minimum atomic E-state index is -4.95. The highest BCUT2D eigenvalue weighted by Gasteiger charge is 2.30. The topological polar surface area (TPSA) is 237 Å². The predicted molar refractivity (Wildman–Crippen MR) is 345 cm³/mol. The summed E-state index contributed by atoms with van der Waals surface area (Å²) in [5.41, 5.74) is 0. The molecule has 0 aliphatic rings. The van der Waals surface area contributed by atoms with Crippen molar-refractivity contribution in [3.05, 3.63) is 0 Å². The van der Waals surface area contributed by atoms with E-state index in [2.05, 4.69) is 41.5 Å². The summed E-state index contributed by atoms with van der Waals surface area (Å²) < 4.78 is 68.1. The molecule has 0 amide bonds. The number of aliphatic hydroxyl groups is 1. The Hall–Kier alpha value is -1.94. The predicted octanol–water partition coefficient (Wildman–Crippen LogP) is 18.8. The van der Waals surface area contributed by atoms with Crippen LogP contribution in [0.4, 0.5) is 0 Å². The van der Waals surface area contributed by atoms with Crippen molar-refractivity contribution in [1.82, 2.24) is 0 Å². The van der Waals surface area contributed by atoms with E-state index in [1.807, 2.05) is 0 Å². The highest BCUT2D eigenvalue weighted by atomic mass is 31.2. The second-order valence-electron chi connectivity index (χ2n) is 24.7. The minimum Gasteiger partial charge on any atom is -0.462 e. The number of rotatable bonds is 66. The van der Waals surface area contributed by atoms with Crippen LogP contribution in [0.25, 0.3) is 0 Å². The smallest absolute Gasteiger partial charge is 0.462 e. The first-order chi connectivity index (χ1) is 41.4. The summed E-state index contributed by atoms with van der Waals surface area (Å²) in [4.78, 5) is 72.3. The van der Waals surface area contributed by atoms with Crippen LogP contribution in [0.1, 0.15) is 337 Å². The highest BCUT2D eigenvalue weighted by molar-refractivity contribution is 7.47. The molecule has 0 rings (SSSR count). The van der Waals surface area contributed by atoms with E-state index in [9.17, 15) is 43.2 Å². The molecule has 0 radical (unpaired) electrons. The minimum absolute atomic E-state index is 0.105. The third-order valence-electron chi connectivity index (χ3n) is 16.2. The average Bonchev–Trinajstić information content (AvgIpc) is 3.70. The van der Waals surface area contributed by atoms with Crippen LogP contribution in [-0.4, -0.2) is 96.7 Å². The van der Waals surface area contributed by atoms with E-state index in [0.717, 1.165) is 108 Å². The molecule has 17 nitrogen and oxygen atoms in total. The Morgan fingerprint density at radius 3 is 0.826 bits per heavy atom. The third-order valence-corrected chi connectivity index (χ3v) is 18.1. The van der Waals surface area contributed by atoms with Gasteiger partial charge >= 0.3 is 39.5 Å². The molecule has 7 atom stereocenters. The Balaban J connectivity index is 5.24. The molecule has 0 saturated heterocycles. The molecular formula is C67H130O17P2. The number of hydrogen-bond acceptors (Lipinski definition) is 15. The van der Waals surface area contributed by atoms with Gasteiger partial charge in [0, 0.05) is 25.7 Å². The molecule has 0 heterocycles. The van der Waals surface area contributed by atoms with Crippen LogP contribution in [0, 0.1) is 11.8 Å². The fraction of sp³-hybridized carbons (Fsp3) is 0.940. The lowest BCUT2D eigenvalue weighted by Crippen LogP contribution is -2.30. The number of ether oxygens (including phenoxy) is 4. The van der Waals surface area contributed by atoms with Crippen LogP contribution < -0.4 is 0 Å². The maximum Gasteiger partial charge on any atom is 0.472 e. The molecule has 0 aliphatic carbocycles. The van der Waals surface area contributed by atoms with Crippen molar-refractivity contribution in [2.45, 2.75) is 355 Å². The van der Waals surface area contributed by atoms with Gasteiger partial charge in [0.2, 0.25) is 0 Å². The lowest BCUT2D eigenvalue weighted by Gasteiger charge is -2.21. The van der Waals surface area contributed by atoms with Gasteiger partial charge in [0.25, 0.3) is 0 Å². The van der Waals surface area contributed by atoms with E-state index < -0.39 is 97.5 Å². The zero-order chi connectivity index (χ0) is 63.6. The summed E-state index contributed by atoms with van der Waals surface area (Å²) in [7, 11) is -9.89. The van der Waals surface area contributed by atoms with Crippen LogP contribution in [0.5, 0.6) is 0 Å². The highest BCUT2D eigenvalue weighted by Crippen LogP contribution is 2.45. The van der Waals surface area contributed by atoms with Crippen LogP contribution in [-0.2, 0) is 65.4 Å². The number of esters is 4. The molecule has 0 fully saturated rings. The van der Waals surface area contributed by atoms with Crippen molar-refractivity contribution in [3.63, 3.8) is 0 Å². The Morgan fingerprint density at radius 2 is 0.558 bits per heavy atom. The molecule has 0 aromatic rings. The monoisotopic (exact) mass is 1270 g/mol. The molecule has 0 aromatic carbocycles. The van der Waals surface area contributed by atoms with Crippen LogP contribution in [0.15, 0.2) is 0 Å². The molecule has 19 heteroatoms. The Bertz CT molecular complexity index is 1690. The van der Waals surface area contributed by atoms with Crippen molar-refractivity contribution < 1.29 is 80.2 Å². The zero-order valence-electron chi connectivity index (χ0n) is 55.6. The van der Waals surface area contributed by atoms with Gasteiger partial charge in [-0.05, 0) is 37.5 Å². The number of phosphoric acid groups is 2. The lowest BCUT2D eigenvalue weighted by atomic mass is 9.99. The Labute approximate surface area is 524 Å². The third kappa shape index (κ3) is 58.4. The summed E-state index contributed by atoms with van der Waals surface area (Å²) in [5.74, 6) is -0.584. The molecule has 0 spiro atoms. The molecule has 510 valence electrons. The molecular weight excluding hydrogens is 1140 g/mol. The van der Waals surface area contributed by atoms with Gasteiger partial charge < -0.3 is 33.8 Å². The number of aliphatic hydroxyl groups excluding tert-OH is 1. The van der Waals surface area contributed by atoms with Gasteiger partial charge in [0.1, 0.15) is 19.3 Å². The molecule has 3 N–H and O–H groups in total. The van der Waals surface area contributed by atoms with Crippen molar-refractivity contribution in [3.8, 4) is 0 Å². The van der Waals surface area contributed by atoms with Crippen molar-refractivity contribution in [1.29, 1.82) is 0 Å². The summed E-state index contributed by atoms with van der Waals surface area (Å²) in [6.07, 6.45) is 42.9. The Morgan fingerprint density at radius 1 is 0.326 bits per heavy atom. The zero-order valence-corrected chi connectivity index (χ0v) is 57.4. The number of carbonyl (C=O) groups is 4. The molecule has 0 aliphatic heterocycles.